The van der Waals surface area contributed by atoms with Gasteiger partial charge in [0.15, 0.2) is 5.78 Å². The number of piperidine rings is 1. The van der Waals surface area contributed by atoms with Crippen LogP contribution >= 0.6 is 0 Å². The summed E-state index contributed by atoms with van der Waals surface area (Å²) in [5, 5.41) is 0. The second-order valence-electron chi connectivity index (χ2n) is 6.45. The largest absolute Gasteiger partial charge is 0.324 e. The van der Waals surface area contributed by atoms with Gasteiger partial charge in [0.05, 0.1) is 12.1 Å². The van der Waals surface area contributed by atoms with Crippen LogP contribution in [0.2, 0.25) is 0 Å². The van der Waals surface area contributed by atoms with E-state index in [1.54, 1.807) is 0 Å². The Kier molecular flexibility index (Phi) is 3.59. The number of carbonyl (C=O) groups is 1. The highest BCUT2D eigenvalue weighted by molar-refractivity contribution is 5.82. The first-order valence-electron chi connectivity index (χ1n) is 6.11. The molecule has 0 aromatic heterocycles. The van der Waals surface area contributed by atoms with Crippen molar-refractivity contribution >= 4 is 5.78 Å². The molecule has 88 valence electrons. The molecule has 0 spiro atoms. The van der Waals surface area contributed by atoms with Crippen LogP contribution in [0.15, 0.2) is 0 Å². The Morgan fingerprint density at radius 2 is 1.87 bits per heavy atom. The number of Topliss-reactive ketones (excluding diaryl/α,β-unsaturated/α-hetero) is 1. The number of hydrogen-bond acceptors (Lipinski definition) is 1. The van der Waals surface area contributed by atoms with Crippen LogP contribution in [0.5, 0.6) is 0 Å². The average molecular weight is 212 g/mol. The summed E-state index contributed by atoms with van der Waals surface area (Å²) in [6, 6.07) is 0. The molecular weight excluding hydrogens is 186 g/mol. The average Bonchev–Trinajstić information content (AvgIpc) is 1.99. The first-order valence-corrected chi connectivity index (χ1v) is 6.11. The molecule has 1 N–H and O–H groups in total. The van der Waals surface area contributed by atoms with Gasteiger partial charge in [0, 0.05) is 11.8 Å². The van der Waals surface area contributed by atoms with Crippen molar-refractivity contribution in [2.45, 2.75) is 47.1 Å². The van der Waals surface area contributed by atoms with E-state index in [9.17, 15) is 4.79 Å². The van der Waals surface area contributed by atoms with Crippen LogP contribution in [-0.4, -0.2) is 24.4 Å². The minimum Gasteiger partial charge on any atom is -0.324 e. The summed E-state index contributed by atoms with van der Waals surface area (Å²) in [6.07, 6.45) is 0. The first-order chi connectivity index (χ1) is 6.73. The van der Waals surface area contributed by atoms with E-state index in [-0.39, 0.29) is 11.5 Å². The molecule has 0 amide bonds. The van der Waals surface area contributed by atoms with Gasteiger partial charge in [-0.25, -0.2) is 0 Å². The standard InChI is InChI=1S/C13H25NO/c1-9(2)12-10(3)7-14(8-11(12)15)13(4,5)6/h9-10,12H,7-8H2,1-6H3/p+1/t10-,12+/m0/s1. The third-order valence-electron chi connectivity index (χ3n) is 3.72. The minimum atomic E-state index is 0.200. The fourth-order valence-electron chi connectivity index (χ4n) is 2.83. The van der Waals surface area contributed by atoms with Crippen LogP contribution in [0.4, 0.5) is 0 Å². The molecule has 1 heterocycles. The first kappa shape index (κ1) is 12.7. The van der Waals surface area contributed by atoms with Crippen molar-refractivity contribution in [1.82, 2.24) is 0 Å². The molecule has 1 saturated heterocycles. The molecule has 1 unspecified atom stereocenters. The number of quaternary nitrogens is 1. The molecule has 15 heavy (non-hydrogen) atoms. The van der Waals surface area contributed by atoms with Crippen molar-refractivity contribution < 1.29 is 9.69 Å². The quantitative estimate of drug-likeness (QED) is 0.692. The maximum atomic E-state index is 12.1. The van der Waals surface area contributed by atoms with Crippen LogP contribution in [-0.2, 0) is 4.79 Å². The second kappa shape index (κ2) is 4.25. The fourth-order valence-corrected chi connectivity index (χ4v) is 2.83. The Morgan fingerprint density at radius 3 is 2.20 bits per heavy atom. The summed E-state index contributed by atoms with van der Waals surface area (Å²) in [7, 11) is 0. The van der Waals surface area contributed by atoms with Crippen LogP contribution in [0.1, 0.15) is 41.5 Å². The van der Waals surface area contributed by atoms with Gasteiger partial charge in [-0.15, -0.1) is 0 Å². The normalized spacial score (nSPS) is 33.5. The number of rotatable bonds is 1. The van der Waals surface area contributed by atoms with E-state index in [1.807, 2.05) is 0 Å². The van der Waals surface area contributed by atoms with E-state index in [0.717, 1.165) is 13.1 Å². The molecule has 0 aromatic rings. The van der Waals surface area contributed by atoms with E-state index in [1.165, 1.54) is 4.90 Å². The lowest BCUT2D eigenvalue weighted by atomic mass is 9.77. The van der Waals surface area contributed by atoms with Crippen LogP contribution < -0.4 is 4.90 Å². The number of likely N-dealkylation sites (tertiary alicyclic amines) is 1. The smallest absolute Gasteiger partial charge is 0.190 e. The summed E-state index contributed by atoms with van der Waals surface area (Å²) < 4.78 is 0. The molecule has 1 rings (SSSR count). The molecule has 0 bridgehead atoms. The molecule has 1 fully saturated rings. The predicted molar refractivity (Wildman–Crippen MR) is 62.9 cm³/mol. The third kappa shape index (κ3) is 2.81. The predicted octanol–water partition coefficient (Wildman–Crippen LogP) is 1.16. The van der Waals surface area contributed by atoms with Crippen LogP contribution in [0.25, 0.3) is 0 Å². The van der Waals surface area contributed by atoms with Gasteiger partial charge in [-0.05, 0) is 26.7 Å². The zero-order valence-electron chi connectivity index (χ0n) is 11.1. The van der Waals surface area contributed by atoms with Gasteiger partial charge in [0.2, 0.25) is 0 Å². The van der Waals surface area contributed by atoms with Crippen molar-refractivity contribution in [2.75, 3.05) is 13.1 Å². The van der Waals surface area contributed by atoms with Crippen molar-refractivity contribution in [3.63, 3.8) is 0 Å². The Hall–Kier alpha value is -0.370. The Morgan fingerprint density at radius 1 is 1.33 bits per heavy atom. The topological polar surface area (TPSA) is 21.5 Å². The van der Waals surface area contributed by atoms with Crippen LogP contribution in [0, 0.1) is 17.8 Å². The lowest BCUT2D eigenvalue weighted by Gasteiger charge is -2.41. The zero-order valence-corrected chi connectivity index (χ0v) is 11.1. The van der Waals surface area contributed by atoms with E-state index in [2.05, 4.69) is 41.5 Å². The van der Waals surface area contributed by atoms with Gasteiger partial charge in [0.25, 0.3) is 0 Å². The van der Waals surface area contributed by atoms with Gasteiger partial charge in [-0.2, -0.15) is 0 Å². The third-order valence-corrected chi connectivity index (χ3v) is 3.72. The molecular formula is C13H26NO+. The minimum absolute atomic E-state index is 0.200. The van der Waals surface area contributed by atoms with E-state index in [4.69, 9.17) is 0 Å². The maximum Gasteiger partial charge on any atom is 0.190 e. The molecule has 2 heteroatoms. The summed E-state index contributed by atoms with van der Waals surface area (Å²) in [4.78, 5) is 13.5. The number of hydrogen-bond donors (Lipinski definition) is 1. The molecule has 0 aliphatic carbocycles. The molecule has 0 radical (unpaired) electrons. The Balaban J connectivity index is 2.76. The highest BCUT2D eigenvalue weighted by Crippen LogP contribution is 2.23. The van der Waals surface area contributed by atoms with Gasteiger partial charge >= 0.3 is 0 Å². The lowest BCUT2D eigenvalue weighted by Crippen LogP contribution is -3.21. The van der Waals surface area contributed by atoms with Gasteiger partial charge in [-0.1, -0.05) is 20.8 Å². The highest BCUT2D eigenvalue weighted by Gasteiger charge is 2.41. The van der Waals surface area contributed by atoms with Gasteiger partial charge in [0.1, 0.15) is 6.54 Å². The second-order valence-corrected chi connectivity index (χ2v) is 6.45. The summed E-state index contributed by atoms with van der Waals surface area (Å²) in [5.74, 6) is 1.78. The monoisotopic (exact) mass is 212 g/mol. The number of ketones is 1. The van der Waals surface area contributed by atoms with Gasteiger partial charge < -0.3 is 4.90 Å². The van der Waals surface area contributed by atoms with E-state index < -0.39 is 0 Å². The van der Waals surface area contributed by atoms with Gasteiger partial charge in [-0.3, -0.25) is 4.79 Å². The Labute approximate surface area is 94.0 Å². The molecule has 0 aromatic carbocycles. The van der Waals surface area contributed by atoms with Crippen molar-refractivity contribution in [3.05, 3.63) is 0 Å². The van der Waals surface area contributed by atoms with Crippen molar-refractivity contribution in [3.8, 4) is 0 Å². The fraction of sp³-hybridized carbons (Fsp3) is 0.923. The van der Waals surface area contributed by atoms with Crippen molar-refractivity contribution in [1.29, 1.82) is 0 Å². The van der Waals surface area contributed by atoms with E-state index >= 15 is 0 Å². The maximum absolute atomic E-state index is 12.1. The molecule has 3 atom stereocenters. The summed E-state index contributed by atoms with van der Waals surface area (Å²) in [5.41, 5.74) is 0.200. The van der Waals surface area contributed by atoms with Crippen molar-refractivity contribution in [2.24, 2.45) is 17.8 Å². The molecule has 1 aliphatic heterocycles. The Bertz CT molecular complexity index is 239. The SMILES string of the molecule is CC(C)[C@H]1C(=O)C[NH+](C(C)(C)C)C[C@@H]1C. The lowest BCUT2D eigenvalue weighted by molar-refractivity contribution is -0.945. The molecule has 2 nitrogen and oxygen atoms in total. The summed E-state index contributed by atoms with van der Waals surface area (Å²) in [6.45, 7) is 15.1. The van der Waals surface area contributed by atoms with Crippen LogP contribution in [0.3, 0.4) is 0 Å². The van der Waals surface area contributed by atoms with E-state index in [0.29, 0.717) is 17.6 Å². The molecule has 0 saturated carbocycles. The molecule has 1 aliphatic rings. The number of nitrogens with one attached hydrogen (secondary N) is 1. The summed E-state index contributed by atoms with van der Waals surface area (Å²) >= 11 is 0. The number of carbonyl (C=O) groups excluding carboxylic acids is 1. The zero-order chi connectivity index (χ0) is 11.8. The highest BCUT2D eigenvalue weighted by atomic mass is 16.1.